The van der Waals surface area contributed by atoms with Crippen LogP contribution in [0.25, 0.3) is 0 Å². The molecule has 0 bridgehead atoms. The van der Waals surface area contributed by atoms with Gasteiger partial charge in [0, 0.05) is 6.61 Å². The van der Waals surface area contributed by atoms with Crippen LogP contribution in [-0.2, 0) is 18.9 Å². The second-order valence-electron chi connectivity index (χ2n) is 3.20. The molecule has 0 aliphatic heterocycles. The van der Waals surface area contributed by atoms with Crippen LogP contribution < -0.4 is 0 Å². The van der Waals surface area contributed by atoms with Crippen LogP contribution in [0.15, 0.2) is 0 Å². The Morgan fingerprint density at radius 2 is 0.842 bits per heavy atom. The first kappa shape index (κ1) is 21.0. The first-order valence-electron chi connectivity index (χ1n) is 6.47. The molecular formula is C12H28O7. The van der Waals surface area contributed by atoms with Gasteiger partial charge in [-0.2, -0.15) is 0 Å². The summed E-state index contributed by atoms with van der Waals surface area (Å²) in [6.45, 7) is 6.09. The van der Waals surface area contributed by atoms with Gasteiger partial charge in [0.2, 0.25) is 0 Å². The van der Waals surface area contributed by atoms with E-state index in [4.69, 9.17) is 34.3 Å². The maximum atomic E-state index is 8.26. The van der Waals surface area contributed by atoms with E-state index in [1.807, 2.05) is 6.92 Å². The smallest absolute Gasteiger partial charge is 0.0701 e. The molecule has 0 aliphatic carbocycles. The van der Waals surface area contributed by atoms with Crippen LogP contribution in [-0.4, -0.2) is 88.0 Å². The second kappa shape index (κ2) is 22.9. The van der Waals surface area contributed by atoms with Crippen LogP contribution in [0.5, 0.6) is 0 Å². The minimum absolute atomic E-state index is 0.0417. The number of aliphatic hydroxyl groups is 3. The van der Waals surface area contributed by atoms with Gasteiger partial charge in [0.15, 0.2) is 0 Å². The summed E-state index contributed by atoms with van der Waals surface area (Å²) in [5.74, 6) is 0. The first-order chi connectivity index (χ1) is 9.33. The number of hydrogen-bond acceptors (Lipinski definition) is 7. The van der Waals surface area contributed by atoms with E-state index < -0.39 is 0 Å². The molecule has 0 aromatic rings. The molecule has 19 heavy (non-hydrogen) atoms. The molecule has 0 aromatic carbocycles. The Balaban J connectivity index is 0. The summed E-state index contributed by atoms with van der Waals surface area (Å²) in [7, 11) is 0. The van der Waals surface area contributed by atoms with E-state index in [1.54, 1.807) is 0 Å². The Hall–Kier alpha value is -0.280. The van der Waals surface area contributed by atoms with Gasteiger partial charge in [0.05, 0.1) is 66.1 Å². The van der Waals surface area contributed by atoms with Crippen LogP contribution in [0.4, 0.5) is 0 Å². The Morgan fingerprint density at radius 3 is 1.11 bits per heavy atom. The number of hydrogen-bond donors (Lipinski definition) is 3. The number of ether oxygens (including phenoxy) is 4. The first-order valence-corrected chi connectivity index (χ1v) is 6.47. The predicted molar refractivity (Wildman–Crippen MR) is 70.2 cm³/mol. The highest BCUT2D eigenvalue weighted by molar-refractivity contribution is 4.30. The van der Waals surface area contributed by atoms with Crippen molar-refractivity contribution in [2.45, 2.75) is 6.92 Å². The molecule has 0 spiro atoms. The highest BCUT2D eigenvalue weighted by Crippen LogP contribution is 1.77. The lowest BCUT2D eigenvalue weighted by atomic mass is 10.7. The van der Waals surface area contributed by atoms with Crippen molar-refractivity contribution < 1.29 is 34.3 Å². The lowest BCUT2D eigenvalue weighted by Gasteiger charge is -2.01. The van der Waals surface area contributed by atoms with Crippen molar-refractivity contribution in [1.82, 2.24) is 0 Å². The van der Waals surface area contributed by atoms with Gasteiger partial charge >= 0.3 is 0 Å². The van der Waals surface area contributed by atoms with E-state index >= 15 is 0 Å². The van der Waals surface area contributed by atoms with Crippen molar-refractivity contribution in [3.63, 3.8) is 0 Å². The van der Waals surface area contributed by atoms with Gasteiger partial charge in [-0.05, 0) is 6.92 Å². The van der Waals surface area contributed by atoms with Gasteiger partial charge in [0.1, 0.15) is 0 Å². The average Bonchev–Trinajstić information content (AvgIpc) is 2.43. The minimum Gasteiger partial charge on any atom is -0.394 e. The monoisotopic (exact) mass is 284 g/mol. The van der Waals surface area contributed by atoms with E-state index in [1.165, 1.54) is 0 Å². The van der Waals surface area contributed by atoms with Gasteiger partial charge < -0.3 is 34.3 Å². The molecular weight excluding hydrogens is 256 g/mol. The molecule has 7 heteroatoms. The van der Waals surface area contributed by atoms with Crippen molar-refractivity contribution in [3.05, 3.63) is 0 Å². The van der Waals surface area contributed by atoms with Crippen LogP contribution >= 0.6 is 0 Å². The molecule has 3 N–H and O–H groups in total. The molecule has 0 saturated heterocycles. The fourth-order valence-corrected chi connectivity index (χ4v) is 0.880. The molecule has 0 radical (unpaired) electrons. The lowest BCUT2D eigenvalue weighted by Crippen LogP contribution is -2.09. The molecule has 118 valence electrons. The molecule has 0 atom stereocenters. The highest BCUT2D eigenvalue weighted by atomic mass is 16.5. The fourth-order valence-electron chi connectivity index (χ4n) is 0.880. The van der Waals surface area contributed by atoms with Crippen LogP contribution in [0, 0.1) is 0 Å². The molecule has 0 aliphatic rings. The summed E-state index contributed by atoms with van der Waals surface area (Å²) in [5.41, 5.74) is 0. The molecule has 0 amide bonds. The molecule has 0 heterocycles. The fraction of sp³-hybridized carbons (Fsp3) is 1.00. The van der Waals surface area contributed by atoms with Gasteiger partial charge in [0.25, 0.3) is 0 Å². The zero-order valence-corrected chi connectivity index (χ0v) is 11.8. The highest BCUT2D eigenvalue weighted by Gasteiger charge is 1.86. The predicted octanol–water partition coefficient (Wildman–Crippen LogP) is -0.964. The normalized spacial score (nSPS) is 10.1. The maximum Gasteiger partial charge on any atom is 0.0701 e. The Kier molecular flexibility index (Phi) is 25.3. The third kappa shape index (κ3) is 27.1. The van der Waals surface area contributed by atoms with E-state index in [9.17, 15) is 0 Å². The van der Waals surface area contributed by atoms with Crippen LogP contribution in [0.3, 0.4) is 0 Å². The van der Waals surface area contributed by atoms with Crippen molar-refractivity contribution in [3.8, 4) is 0 Å². The number of aliphatic hydroxyl groups excluding tert-OH is 3. The number of rotatable bonds is 13. The lowest BCUT2D eigenvalue weighted by molar-refractivity contribution is 0.0222. The van der Waals surface area contributed by atoms with E-state index in [-0.39, 0.29) is 19.8 Å². The quantitative estimate of drug-likeness (QED) is 0.375. The summed E-state index contributed by atoms with van der Waals surface area (Å²) in [4.78, 5) is 0. The largest absolute Gasteiger partial charge is 0.394 e. The summed E-state index contributed by atoms with van der Waals surface area (Å²) < 4.78 is 19.6. The standard InChI is InChI=1S/C6H14O4.C6H14O3/c7-1-3-9-5-6-10-4-2-8;1-2-8-5-6-9-4-3-7/h7-8H,1-6H2;7H,2-6H2,1H3. The van der Waals surface area contributed by atoms with Gasteiger partial charge in [-0.25, -0.2) is 0 Å². The summed E-state index contributed by atoms with van der Waals surface area (Å²) in [6.07, 6.45) is 0. The molecule has 0 rings (SSSR count). The summed E-state index contributed by atoms with van der Waals surface area (Å²) >= 11 is 0. The summed E-state index contributed by atoms with van der Waals surface area (Å²) in [6, 6.07) is 0. The topological polar surface area (TPSA) is 97.6 Å². The van der Waals surface area contributed by atoms with Crippen molar-refractivity contribution in [1.29, 1.82) is 0 Å². The second-order valence-corrected chi connectivity index (χ2v) is 3.20. The van der Waals surface area contributed by atoms with Gasteiger partial charge in [-0.3, -0.25) is 0 Å². The zero-order valence-electron chi connectivity index (χ0n) is 11.8. The van der Waals surface area contributed by atoms with Gasteiger partial charge in [-0.15, -0.1) is 0 Å². The third-order valence-electron chi connectivity index (χ3n) is 1.66. The molecule has 0 fully saturated rings. The van der Waals surface area contributed by atoms with Crippen molar-refractivity contribution in [2.75, 3.05) is 72.7 Å². The van der Waals surface area contributed by atoms with E-state index in [0.29, 0.717) is 46.2 Å². The van der Waals surface area contributed by atoms with Crippen LogP contribution in [0.1, 0.15) is 6.92 Å². The van der Waals surface area contributed by atoms with Gasteiger partial charge in [-0.1, -0.05) is 0 Å². The SMILES string of the molecule is CCOCCOCCO.OCCOCCOCCO. The van der Waals surface area contributed by atoms with Crippen LogP contribution in [0.2, 0.25) is 0 Å². The molecule has 0 aromatic heterocycles. The average molecular weight is 284 g/mol. The summed E-state index contributed by atoms with van der Waals surface area (Å²) in [5, 5.41) is 24.8. The zero-order chi connectivity index (χ0) is 14.6. The van der Waals surface area contributed by atoms with E-state index in [0.717, 1.165) is 6.61 Å². The molecule has 7 nitrogen and oxygen atoms in total. The van der Waals surface area contributed by atoms with Crippen molar-refractivity contribution >= 4 is 0 Å². The molecule has 0 unspecified atom stereocenters. The Bertz CT molecular complexity index is 121. The van der Waals surface area contributed by atoms with Crippen molar-refractivity contribution in [2.24, 2.45) is 0 Å². The third-order valence-corrected chi connectivity index (χ3v) is 1.66. The molecule has 0 saturated carbocycles. The van der Waals surface area contributed by atoms with E-state index in [2.05, 4.69) is 0 Å². The Labute approximate surface area is 115 Å². The minimum atomic E-state index is 0.0417. The maximum absolute atomic E-state index is 8.26. The Morgan fingerprint density at radius 1 is 0.526 bits per heavy atom.